The largest absolute Gasteiger partial charge is 0.469 e. The van der Waals surface area contributed by atoms with Gasteiger partial charge in [0.25, 0.3) is 0 Å². The van der Waals surface area contributed by atoms with E-state index in [1.54, 1.807) is 0 Å². The summed E-state index contributed by atoms with van der Waals surface area (Å²) in [6.07, 6.45) is 1.90. The van der Waals surface area contributed by atoms with Crippen molar-refractivity contribution in [2.24, 2.45) is 0 Å². The lowest BCUT2D eigenvalue weighted by Crippen LogP contribution is -2.43. The summed E-state index contributed by atoms with van der Waals surface area (Å²) in [5.41, 5.74) is 0. The highest BCUT2D eigenvalue weighted by atomic mass is 16.5. The summed E-state index contributed by atoms with van der Waals surface area (Å²) in [7, 11) is 2.75. The van der Waals surface area contributed by atoms with Crippen molar-refractivity contribution < 1.29 is 19.1 Å². The molecular formula is C12H23NO4. The second kappa shape index (κ2) is 8.98. The summed E-state index contributed by atoms with van der Waals surface area (Å²) in [6, 6.07) is -0.274. The van der Waals surface area contributed by atoms with Crippen molar-refractivity contribution in [3.8, 4) is 0 Å². The van der Waals surface area contributed by atoms with Crippen LogP contribution < -0.4 is 0 Å². The summed E-state index contributed by atoms with van der Waals surface area (Å²) < 4.78 is 9.36. The molecule has 100 valence electrons. The van der Waals surface area contributed by atoms with E-state index in [0.717, 1.165) is 13.0 Å². The fraction of sp³-hybridized carbons (Fsp3) is 0.833. The van der Waals surface area contributed by atoms with Crippen LogP contribution in [-0.4, -0.2) is 50.2 Å². The van der Waals surface area contributed by atoms with Crippen molar-refractivity contribution >= 4 is 11.9 Å². The van der Waals surface area contributed by atoms with E-state index in [-0.39, 0.29) is 18.0 Å². The van der Waals surface area contributed by atoms with Crippen LogP contribution in [0.1, 0.15) is 33.1 Å². The summed E-state index contributed by atoms with van der Waals surface area (Å²) in [6.45, 7) is 5.26. The Bertz CT molecular complexity index is 243. The van der Waals surface area contributed by atoms with E-state index >= 15 is 0 Å². The molecule has 0 aromatic rings. The molecule has 0 N–H and O–H groups in total. The molecule has 0 saturated heterocycles. The molecule has 1 unspecified atom stereocenters. The molecule has 0 fully saturated rings. The van der Waals surface area contributed by atoms with Crippen LogP contribution in [0.5, 0.6) is 0 Å². The standard InChI is InChI=1S/C12H23NO4/c1-5-8-13(9-7-11(14)16-3)10(6-2)12(15)17-4/h10H,5-9H2,1-4H3. The fourth-order valence-corrected chi connectivity index (χ4v) is 1.76. The Morgan fingerprint density at radius 2 is 1.76 bits per heavy atom. The maximum Gasteiger partial charge on any atom is 0.323 e. The highest BCUT2D eigenvalue weighted by molar-refractivity contribution is 5.75. The third-order valence-electron chi connectivity index (χ3n) is 2.64. The Labute approximate surface area is 103 Å². The Kier molecular flexibility index (Phi) is 8.40. The SMILES string of the molecule is CCCN(CCC(=O)OC)C(CC)C(=O)OC. The van der Waals surface area contributed by atoms with Crippen LogP contribution in [-0.2, 0) is 19.1 Å². The minimum absolute atomic E-state index is 0.245. The first-order valence-corrected chi connectivity index (χ1v) is 5.99. The van der Waals surface area contributed by atoms with Gasteiger partial charge in [0.1, 0.15) is 6.04 Å². The van der Waals surface area contributed by atoms with Gasteiger partial charge in [-0.1, -0.05) is 13.8 Å². The molecule has 0 saturated carbocycles. The molecule has 0 heterocycles. The molecular weight excluding hydrogens is 222 g/mol. The lowest BCUT2D eigenvalue weighted by molar-refractivity contribution is -0.148. The monoisotopic (exact) mass is 245 g/mol. The van der Waals surface area contributed by atoms with Crippen molar-refractivity contribution in [1.82, 2.24) is 4.90 Å². The van der Waals surface area contributed by atoms with E-state index < -0.39 is 0 Å². The van der Waals surface area contributed by atoms with Crippen LogP contribution in [0.15, 0.2) is 0 Å². The third kappa shape index (κ3) is 5.68. The van der Waals surface area contributed by atoms with Gasteiger partial charge in [-0.2, -0.15) is 0 Å². The number of nitrogens with zero attached hydrogens (tertiary/aromatic N) is 1. The molecule has 0 bridgehead atoms. The van der Waals surface area contributed by atoms with Gasteiger partial charge in [0.15, 0.2) is 0 Å². The van der Waals surface area contributed by atoms with Crippen molar-refractivity contribution in [3.63, 3.8) is 0 Å². The second-order valence-electron chi connectivity index (χ2n) is 3.81. The quantitative estimate of drug-likeness (QED) is 0.602. The molecule has 0 aromatic carbocycles. The molecule has 0 spiro atoms. The van der Waals surface area contributed by atoms with Gasteiger partial charge in [-0.15, -0.1) is 0 Å². The minimum Gasteiger partial charge on any atom is -0.469 e. The van der Waals surface area contributed by atoms with Crippen molar-refractivity contribution in [1.29, 1.82) is 0 Å². The molecule has 0 aliphatic heterocycles. The summed E-state index contributed by atoms with van der Waals surface area (Å²) in [4.78, 5) is 24.7. The van der Waals surface area contributed by atoms with E-state index in [9.17, 15) is 9.59 Å². The van der Waals surface area contributed by atoms with Gasteiger partial charge in [0.2, 0.25) is 0 Å². The average Bonchev–Trinajstić information content (AvgIpc) is 2.35. The van der Waals surface area contributed by atoms with Gasteiger partial charge >= 0.3 is 11.9 Å². The Balaban J connectivity index is 4.46. The lowest BCUT2D eigenvalue weighted by atomic mass is 10.1. The lowest BCUT2D eigenvalue weighted by Gasteiger charge is -2.28. The molecule has 0 aromatic heterocycles. The topological polar surface area (TPSA) is 55.8 Å². The van der Waals surface area contributed by atoms with E-state index in [4.69, 9.17) is 4.74 Å². The van der Waals surface area contributed by atoms with Crippen LogP contribution in [0.3, 0.4) is 0 Å². The summed E-state index contributed by atoms with van der Waals surface area (Å²) >= 11 is 0. The second-order valence-corrected chi connectivity index (χ2v) is 3.81. The molecule has 0 amide bonds. The number of hydrogen-bond donors (Lipinski definition) is 0. The zero-order chi connectivity index (χ0) is 13.3. The van der Waals surface area contributed by atoms with E-state index in [2.05, 4.69) is 4.74 Å². The molecule has 0 aliphatic rings. The predicted molar refractivity (Wildman–Crippen MR) is 64.6 cm³/mol. The van der Waals surface area contributed by atoms with Gasteiger partial charge in [-0.25, -0.2) is 0 Å². The third-order valence-corrected chi connectivity index (χ3v) is 2.64. The molecule has 0 radical (unpaired) electrons. The Morgan fingerprint density at radius 3 is 2.18 bits per heavy atom. The number of carbonyl (C=O) groups excluding carboxylic acids is 2. The van der Waals surface area contributed by atoms with Gasteiger partial charge in [0, 0.05) is 6.54 Å². The fourth-order valence-electron chi connectivity index (χ4n) is 1.76. The summed E-state index contributed by atoms with van der Waals surface area (Å²) in [5.74, 6) is -0.503. The summed E-state index contributed by atoms with van der Waals surface area (Å²) in [5, 5.41) is 0. The molecule has 1 atom stereocenters. The molecule has 5 heteroatoms. The molecule has 0 aliphatic carbocycles. The molecule has 0 rings (SSSR count). The average molecular weight is 245 g/mol. The highest BCUT2D eigenvalue weighted by Gasteiger charge is 2.24. The van der Waals surface area contributed by atoms with Crippen LogP contribution in [0.25, 0.3) is 0 Å². The van der Waals surface area contributed by atoms with Crippen molar-refractivity contribution in [2.45, 2.75) is 39.2 Å². The first-order valence-electron chi connectivity index (χ1n) is 5.99. The number of carbonyl (C=O) groups is 2. The van der Waals surface area contributed by atoms with Crippen LogP contribution in [0, 0.1) is 0 Å². The van der Waals surface area contributed by atoms with Crippen molar-refractivity contribution in [3.05, 3.63) is 0 Å². The number of ether oxygens (including phenoxy) is 2. The highest BCUT2D eigenvalue weighted by Crippen LogP contribution is 2.08. The van der Waals surface area contributed by atoms with Crippen LogP contribution in [0.4, 0.5) is 0 Å². The first-order chi connectivity index (χ1) is 8.10. The van der Waals surface area contributed by atoms with Crippen LogP contribution in [0.2, 0.25) is 0 Å². The van der Waals surface area contributed by atoms with Gasteiger partial charge < -0.3 is 9.47 Å². The Morgan fingerprint density at radius 1 is 1.12 bits per heavy atom. The smallest absolute Gasteiger partial charge is 0.323 e. The van der Waals surface area contributed by atoms with Gasteiger partial charge in [-0.3, -0.25) is 14.5 Å². The predicted octanol–water partition coefficient (Wildman–Crippen LogP) is 1.21. The van der Waals surface area contributed by atoms with E-state index in [0.29, 0.717) is 19.4 Å². The van der Waals surface area contributed by atoms with Crippen LogP contribution >= 0.6 is 0 Å². The number of esters is 2. The number of methoxy groups -OCH3 is 2. The van der Waals surface area contributed by atoms with E-state index in [1.165, 1.54) is 14.2 Å². The zero-order valence-corrected chi connectivity index (χ0v) is 11.2. The normalized spacial score (nSPS) is 12.3. The minimum atomic E-state index is -0.274. The maximum absolute atomic E-state index is 11.6. The Hall–Kier alpha value is -1.10. The first kappa shape index (κ1) is 15.9. The van der Waals surface area contributed by atoms with Gasteiger partial charge in [0.05, 0.1) is 20.6 Å². The molecule has 17 heavy (non-hydrogen) atoms. The van der Waals surface area contributed by atoms with E-state index in [1.807, 2.05) is 18.7 Å². The maximum atomic E-state index is 11.6. The van der Waals surface area contributed by atoms with Crippen molar-refractivity contribution in [2.75, 3.05) is 27.3 Å². The zero-order valence-electron chi connectivity index (χ0n) is 11.2. The number of rotatable bonds is 8. The number of hydrogen-bond acceptors (Lipinski definition) is 5. The van der Waals surface area contributed by atoms with Gasteiger partial charge in [-0.05, 0) is 19.4 Å². The molecule has 5 nitrogen and oxygen atoms in total.